The molecule has 8 rings (SSSR count). The number of aromatic hydroxyl groups is 1. The number of esters is 1. The molecule has 4 atom stereocenters. The molecule has 4 amide bonds. The number of phenols is 1. The van der Waals surface area contributed by atoms with E-state index in [0.29, 0.717) is 57.5 Å². The average Bonchev–Trinajstić information content (AvgIpc) is 4.07. The second-order valence-corrected chi connectivity index (χ2v) is 19.1. The number of benzene rings is 2. The van der Waals surface area contributed by atoms with Crippen molar-refractivity contribution in [1.29, 1.82) is 0 Å². The van der Waals surface area contributed by atoms with E-state index in [-0.39, 0.29) is 42.6 Å². The van der Waals surface area contributed by atoms with E-state index in [1.54, 1.807) is 24.1 Å². The number of likely N-dealkylation sites (N-methyl/N-ethyl adjacent to an activating group) is 1. The Kier molecular flexibility index (Phi) is 12.6. The highest BCUT2D eigenvalue weighted by atomic mass is 16.5. The molecule has 0 radical (unpaired) electrons. The second kappa shape index (κ2) is 18.0. The minimum absolute atomic E-state index is 0.00503. The normalized spacial score (nSPS) is 21.8. The molecule has 3 fully saturated rings. The van der Waals surface area contributed by atoms with Crippen LogP contribution < -0.4 is 16.1 Å². The van der Waals surface area contributed by atoms with Crippen molar-refractivity contribution in [3.8, 4) is 28.1 Å². The summed E-state index contributed by atoms with van der Waals surface area (Å²) in [5, 5.41) is 19.7. The number of likely N-dealkylation sites (tertiary alicyclic amines) is 1. The summed E-state index contributed by atoms with van der Waals surface area (Å²) in [7, 11) is 1.59. The number of amides is 4. The van der Waals surface area contributed by atoms with Gasteiger partial charge in [-0.25, -0.2) is 5.43 Å². The summed E-state index contributed by atoms with van der Waals surface area (Å²) in [6, 6.07) is 10.6. The predicted molar refractivity (Wildman–Crippen MR) is 243 cm³/mol. The number of nitrogens with zero attached hydrogens (tertiary/aromatic N) is 5. The minimum Gasteiger partial charge on any atom is -0.508 e. The van der Waals surface area contributed by atoms with E-state index in [1.165, 1.54) is 15.5 Å². The molecule has 0 unspecified atom stereocenters. The lowest BCUT2D eigenvalue weighted by atomic mass is 9.84. The molecule has 2 aromatic heterocycles. The van der Waals surface area contributed by atoms with Gasteiger partial charge in [-0.05, 0) is 96.7 Å². The van der Waals surface area contributed by atoms with E-state index in [2.05, 4.69) is 71.5 Å². The molecule has 3 saturated heterocycles. The maximum absolute atomic E-state index is 14.7. The number of carbonyl (C=O) groups excluding carboxylic acids is 5. The third kappa shape index (κ3) is 8.97. The van der Waals surface area contributed by atoms with Gasteiger partial charge in [0.15, 0.2) is 0 Å². The largest absolute Gasteiger partial charge is 0.508 e. The Morgan fingerprint density at radius 1 is 1.06 bits per heavy atom. The minimum atomic E-state index is -1.14. The fraction of sp³-hybridized carbons (Fsp3) is 0.510. The van der Waals surface area contributed by atoms with Gasteiger partial charge in [0.05, 0.1) is 24.3 Å². The molecule has 15 nitrogen and oxygen atoms in total. The van der Waals surface area contributed by atoms with Crippen LogP contribution in [0.1, 0.15) is 71.1 Å². The van der Waals surface area contributed by atoms with Crippen molar-refractivity contribution in [3.05, 3.63) is 71.5 Å². The third-order valence-electron chi connectivity index (χ3n) is 13.3. The molecule has 4 aliphatic heterocycles. The number of nitrogens with one attached hydrogen (secondary N) is 3. The fourth-order valence-corrected chi connectivity index (χ4v) is 9.83. The number of hydrogen-bond acceptors (Lipinski definition) is 10. The molecule has 0 saturated carbocycles. The Balaban J connectivity index is 1.17. The van der Waals surface area contributed by atoms with E-state index in [0.717, 1.165) is 45.3 Å². The molecule has 15 heteroatoms. The fourth-order valence-electron chi connectivity index (χ4n) is 9.83. The summed E-state index contributed by atoms with van der Waals surface area (Å²) >= 11 is 0. The first-order valence-corrected chi connectivity index (χ1v) is 22.8. The number of hydrazine groups is 1. The van der Waals surface area contributed by atoms with Crippen molar-refractivity contribution in [3.63, 3.8) is 0 Å². The van der Waals surface area contributed by atoms with Crippen LogP contribution in [0.25, 0.3) is 33.3 Å². The summed E-state index contributed by atoms with van der Waals surface area (Å²) in [6.45, 7) is 14.5. The number of pyridine rings is 1. The number of phenolic OH excluding ortho intramolecular Hbond substituents is 1. The maximum atomic E-state index is 14.7. The summed E-state index contributed by atoms with van der Waals surface area (Å²) in [5.74, 6) is -2.45. The zero-order chi connectivity index (χ0) is 45.6. The van der Waals surface area contributed by atoms with Crippen molar-refractivity contribution < 1.29 is 33.8 Å². The van der Waals surface area contributed by atoms with Crippen LogP contribution >= 0.6 is 0 Å². The lowest BCUT2D eigenvalue weighted by molar-refractivity contribution is -0.155. The summed E-state index contributed by atoms with van der Waals surface area (Å²) in [5.41, 5.74) is 10.3. The predicted octanol–water partition coefficient (Wildman–Crippen LogP) is 4.22. The number of fused-ring (bicyclic) bond motifs is 6. The number of cyclic esters (lactones) is 1. The van der Waals surface area contributed by atoms with E-state index in [4.69, 9.17) is 4.74 Å². The van der Waals surface area contributed by atoms with Gasteiger partial charge in [-0.1, -0.05) is 46.8 Å². The van der Waals surface area contributed by atoms with Crippen LogP contribution in [0.15, 0.2) is 54.9 Å². The molecule has 0 spiro atoms. The number of hydrogen-bond donors (Lipinski definition) is 4. The first-order valence-electron chi connectivity index (χ1n) is 22.8. The molecular formula is C49H62N8O7. The molecule has 4 aromatic rings. The first kappa shape index (κ1) is 44.8. The Morgan fingerprint density at radius 2 is 1.83 bits per heavy atom. The van der Waals surface area contributed by atoms with E-state index in [1.807, 2.05) is 38.4 Å². The van der Waals surface area contributed by atoms with Gasteiger partial charge in [0.2, 0.25) is 17.7 Å². The number of aryl methyl sites for hydroxylation is 2. The maximum Gasteiger partial charge on any atom is 0.324 e. The van der Waals surface area contributed by atoms with Crippen LogP contribution in [0.4, 0.5) is 0 Å². The molecule has 4 N–H and O–H groups in total. The lowest BCUT2D eigenvalue weighted by Gasteiger charge is -2.42. The van der Waals surface area contributed by atoms with Gasteiger partial charge in [-0.3, -0.25) is 34.0 Å². The van der Waals surface area contributed by atoms with Crippen LogP contribution in [-0.2, 0) is 54.5 Å². The molecular weight excluding hydrogens is 813 g/mol. The van der Waals surface area contributed by atoms with Crippen LogP contribution in [0, 0.1) is 17.3 Å². The third-order valence-corrected chi connectivity index (χ3v) is 13.3. The van der Waals surface area contributed by atoms with Gasteiger partial charge in [-0.15, -0.1) is 0 Å². The van der Waals surface area contributed by atoms with Gasteiger partial charge in [-0.2, -0.15) is 0 Å². The highest BCUT2D eigenvalue weighted by molar-refractivity contribution is 5.96. The standard InChI is InChI=1S/C49H62N8O7/c1-8-30-14-15-50-23-37(30)43-36-22-49(5,6)27-64-48(63)38-11-10-16-57(53-38)47(62)39(19-29-17-32(20-34(58)18-29)31-12-13-41(35(36)21-31)56(43)9-2)52-44(59)42(28(3)4)54(7)45(60)33-25-55(26-33)46(61)40-24-51-40/h12-15,17-18,20-21,23,28,33,38-40,42,51,53,58H,8-11,16,19,22,24-27H2,1-7H3,(H,52,59)/t38-,39-,40-,42-/m0/s1. The molecule has 64 heavy (non-hydrogen) atoms. The van der Waals surface area contributed by atoms with Gasteiger partial charge in [0.1, 0.15) is 23.9 Å². The van der Waals surface area contributed by atoms with Crippen molar-refractivity contribution in [2.24, 2.45) is 17.3 Å². The average molecular weight is 875 g/mol. The van der Waals surface area contributed by atoms with Gasteiger partial charge in [0.25, 0.3) is 5.91 Å². The van der Waals surface area contributed by atoms with Gasteiger partial charge < -0.3 is 34.8 Å². The Hall–Kier alpha value is -5.80. The zero-order valence-electron chi connectivity index (χ0n) is 38.1. The van der Waals surface area contributed by atoms with Crippen LogP contribution in [0.3, 0.4) is 0 Å². The molecule has 6 heterocycles. The Bertz CT molecular complexity index is 2470. The number of ether oxygens (including phenoxy) is 1. The summed E-state index contributed by atoms with van der Waals surface area (Å²) in [4.78, 5) is 76.9. The summed E-state index contributed by atoms with van der Waals surface area (Å²) < 4.78 is 8.42. The quantitative estimate of drug-likeness (QED) is 0.140. The molecule has 340 valence electrons. The highest BCUT2D eigenvalue weighted by Gasteiger charge is 2.45. The van der Waals surface area contributed by atoms with Crippen molar-refractivity contribution in [1.82, 2.24) is 40.4 Å². The van der Waals surface area contributed by atoms with Crippen molar-refractivity contribution in [2.75, 3.05) is 39.8 Å². The number of aromatic nitrogens is 2. The highest BCUT2D eigenvalue weighted by Crippen LogP contribution is 2.41. The molecule has 6 bridgehead atoms. The van der Waals surface area contributed by atoms with Gasteiger partial charge in [0, 0.05) is 80.5 Å². The van der Waals surface area contributed by atoms with Crippen molar-refractivity contribution >= 4 is 40.5 Å². The monoisotopic (exact) mass is 874 g/mol. The van der Waals surface area contributed by atoms with E-state index < -0.39 is 47.2 Å². The van der Waals surface area contributed by atoms with Crippen LogP contribution in [0.2, 0.25) is 0 Å². The van der Waals surface area contributed by atoms with Crippen molar-refractivity contribution in [2.45, 2.75) is 104 Å². The number of carbonyl (C=O) groups is 5. The van der Waals surface area contributed by atoms with E-state index in [9.17, 15) is 29.1 Å². The summed E-state index contributed by atoms with van der Waals surface area (Å²) in [6.07, 6.45) is 6.16. The Morgan fingerprint density at radius 3 is 2.53 bits per heavy atom. The van der Waals surface area contributed by atoms with E-state index >= 15 is 0 Å². The number of rotatable bonds is 9. The molecule has 4 aliphatic rings. The SMILES string of the molecule is CCc1ccncc1-c1c2c3cc(ccc3n1CC)-c1cc(O)cc(c1)C[C@H](NC(=O)[C@H](C(C)C)N(C)C(=O)C1CN(C(=O)[C@@H]3CN3)C1)C(=O)N1CCC[C@H](N1)C(=O)OCC(C)(C)C2. The van der Waals surface area contributed by atoms with Crippen LogP contribution in [0.5, 0.6) is 5.75 Å². The topological polar surface area (TPSA) is 188 Å². The first-order chi connectivity index (χ1) is 30.6. The zero-order valence-corrected chi connectivity index (χ0v) is 38.1. The molecule has 0 aliphatic carbocycles. The smallest absolute Gasteiger partial charge is 0.324 e. The lowest BCUT2D eigenvalue weighted by Crippen LogP contribution is -2.63. The second-order valence-electron chi connectivity index (χ2n) is 19.1. The van der Waals surface area contributed by atoms with Crippen LogP contribution in [-0.4, -0.2) is 123 Å². The van der Waals surface area contributed by atoms with Gasteiger partial charge >= 0.3 is 5.97 Å². The molecule has 2 aromatic carbocycles. The Labute approximate surface area is 374 Å².